The number of azo groups is 2. The Morgan fingerprint density at radius 2 is 0.976 bits per heavy atom. The van der Waals surface area contributed by atoms with Gasteiger partial charge in [-0.05, 0) is 71.4 Å². The molecule has 0 spiro atoms. The summed E-state index contributed by atoms with van der Waals surface area (Å²) in [4.78, 5) is 12.8. The molecule has 0 unspecified atom stereocenters. The first-order valence-electron chi connectivity index (χ1n) is 12.8. The molecule has 0 aromatic heterocycles. The van der Waals surface area contributed by atoms with Crippen LogP contribution in [-0.2, 0) is 0 Å². The molecular formula is C33H23N5O3. The predicted octanol–water partition coefficient (Wildman–Crippen LogP) is 9.49. The molecule has 0 aliphatic carbocycles. The molecule has 0 aliphatic heterocycles. The molecule has 0 heterocycles. The highest BCUT2D eigenvalue weighted by Crippen LogP contribution is 2.37. The standard InChI is InChI=1S/C33H23N5O3/c39-29-19-11-21-5-1-3-7-27(21)31(29)37-35-25-13-9-23(10-14-25)33(41)34-24-15-17-26(18-16-24)36-38-32-28-8-4-2-6-22(28)12-20-30(32)40/h1-20,39-40H,(H,34,41). The van der Waals surface area contributed by atoms with Crippen LogP contribution < -0.4 is 5.32 Å². The minimum atomic E-state index is -0.282. The summed E-state index contributed by atoms with van der Waals surface area (Å²) in [5.74, 6) is -0.187. The zero-order valence-corrected chi connectivity index (χ0v) is 21.6. The highest BCUT2D eigenvalue weighted by atomic mass is 16.3. The second-order valence-corrected chi connectivity index (χ2v) is 9.26. The van der Waals surface area contributed by atoms with Gasteiger partial charge in [0, 0.05) is 22.0 Å². The second kappa shape index (κ2) is 11.1. The van der Waals surface area contributed by atoms with Gasteiger partial charge in [-0.3, -0.25) is 4.79 Å². The van der Waals surface area contributed by atoms with Crippen molar-refractivity contribution < 1.29 is 15.0 Å². The van der Waals surface area contributed by atoms with Crippen LogP contribution in [-0.4, -0.2) is 16.1 Å². The average molecular weight is 538 g/mol. The third kappa shape index (κ3) is 5.48. The van der Waals surface area contributed by atoms with E-state index in [0.717, 1.165) is 21.5 Å². The molecule has 1 amide bonds. The van der Waals surface area contributed by atoms with Crippen LogP contribution in [0.3, 0.4) is 0 Å². The fraction of sp³-hybridized carbons (Fsp3) is 0. The van der Waals surface area contributed by atoms with Gasteiger partial charge < -0.3 is 15.5 Å². The molecule has 0 saturated carbocycles. The van der Waals surface area contributed by atoms with Gasteiger partial charge in [0.25, 0.3) is 5.91 Å². The number of fused-ring (bicyclic) bond motifs is 2. The number of carbonyl (C=O) groups is 1. The lowest BCUT2D eigenvalue weighted by Crippen LogP contribution is -2.11. The van der Waals surface area contributed by atoms with Crippen molar-refractivity contribution in [3.05, 3.63) is 127 Å². The summed E-state index contributed by atoms with van der Waals surface area (Å²) >= 11 is 0. The molecular weight excluding hydrogens is 514 g/mol. The number of carbonyl (C=O) groups excluding carboxylic acids is 1. The van der Waals surface area contributed by atoms with Crippen LogP contribution in [0.1, 0.15) is 10.4 Å². The van der Waals surface area contributed by atoms with Crippen LogP contribution in [0.15, 0.2) is 142 Å². The highest BCUT2D eigenvalue weighted by Gasteiger charge is 2.09. The summed E-state index contributed by atoms with van der Waals surface area (Å²) in [5.41, 5.74) is 2.95. The van der Waals surface area contributed by atoms with E-state index in [1.807, 2.05) is 60.7 Å². The lowest BCUT2D eigenvalue weighted by Gasteiger charge is -2.06. The Balaban J connectivity index is 1.12. The molecule has 6 aromatic carbocycles. The molecule has 198 valence electrons. The molecule has 6 aromatic rings. The van der Waals surface area contributed by atoms with E-state index in [9.17, 15) is 15.0 Å². The third-order valence-electron chi connectivity index (χ3n) is 6.54. The van der Waals surface area contributed by atoms with Gasteiger partial charge in [0.2, 0.25) is 0 Å². The van der Waals surface area contributed by atoms with E-state index in [1.165, 1.54) is 0 Å². The molecule has 6 rings (SSSR count). The Bertz CT molecular complexity index is 1950. The molecule has 0 fully saturated rings. The largest absolute Gasteiger partial charge is 0.506 e. The van der Waals surface area contributed by atoms with Crippen molar-refractivity contribution in [2.45, 2.75) is 0 Å². The quantitative estimate of drug-likeness (QED) is 0.184. The first kappa shape index (κ1) is 25.4. The van der Waals surface area contributed by atoms with Gasteiger partial charge >= 0.3 is 0 Å². The van der Waals surface area contributed by atoms with Gasteiger partial charge in [-0.1, -0.05) is 60.7 Å². The van der Waals surface area contributed by atoms with Crippen molar-refractivity contribution in [3.63, 3.8) is 0 Å². The van der Waals surface area contributed by atoms with Crippen molar-refractivity contribution in [1.29, 1.82) is 0 Å². The van der Waals surface area contributed by atoms with E-state index < -0.39 is 0 Å². The number of rotatable bonds is 6. The number of nitrogens with one attached hydrogen (secondary N) is 1. The minimum Gasteiger partial charge on any atom is -0.506 e. The number of nitrogens with zero attached hydrogens (tertiary/aromatic N) is 4. The summed E-state index contributed by atoms with van der Waals surface area (Å²) in [6.45, 7) is 0. The number of amides is 1. The van der Waals surface area contributed by atoms with Gasteiger partial charge in [-0.2, -0.15) is 10.2 Å². The van der Waals surface area contributed by atoms with Crippen LogP contribution in [0.25, 0.3) is 21.5 Å². The number of aromatic hydroxyl groups is 2. The van der Waals surface area contributed by atoms with Crippen LogP contribution >= 0.6 is 0 Å². The average Bonchev–Trinajstić information content (AvgIpc) is 3.01. The van der Waals surface area contributed by atoms with Crippen molar-refractivity contribution in [1.82, 2.24) is 0 Å². The van der Waals surface area contributed by atoms with Crippen LogP contribution in [0.4, 0.5) is 28.4 Å². The molecule has 8 nitrogen and oxygen atoms in total. The maximum Gasteiger partial charge on any atom is 0.255 e. The van der Waals surface area contributed by atoms with E-state index in [1.54, 1.807) is 60.7 Å². The van der Waals surface area contributed by atoms with E-state index in [-0.39, 0.29) is 17.4 Å². The zero-order chi connectivity index (χ0) is 28.2. The number of anilines is 1. The van der Waals surface area contributed by atoms with E-state index in [4.69, 9.17) is 0 Å². The van der Waals surface area contributed by atoms with Gasteiger partial charge in [-0.25, -0.2) is 0 Å². The molecule has 0 bridgehead atoms. The zero-order valence-electron chi connectivity index (χ0n) is 21.6. The third-order valence-corrected chi connectivity index (χ3v) is 6.54. The molecule has 0 atom stereocenters. The monoisotopic (exact) mass is 537 g/mol. The second-order valence-electron chi connectivity index (χ2n) is 9.26. The minimum absolute atomic E-state index is 0.0441. The Labute approximate surface area is 235 Å². The first-order chi connectivity index (χ1) is 20.0. The normalized spacial score (nSPS) is 11.5. The Kier molecular flexibility index (Phi) is 6.86. The summed E-state index contributed by atoms with van der Waals surface area (Å²) < 4.78 is 0. The Hall–Kier alpha value is -5.89. The first-order valence-corrected chi connectivity index (χ1v) is 12.8. The maximum absolute atomic E-state index is 12.8. The number of benzene rings is 6. The van der Waals surface area contributed by atoms with Crippen molar-refractivity contribution >= 4 is 55.9 Å². The van der Waals surface area contributed by atoms with E-state index in [0.29, 0.717) is 34.0 Å². The Morgan fingerprint density at radius 3 is 1.49 bits per heavy atom. The van der Waals surface area contributed by atoms with E-state index >= 15 is 0 Å². The number of phenolic OH excluding ortho intramolecular Hbond substituents is 2. The molecule has 0 aliphatic rings. The topological polar surface area (TPSA) is 119 Å². The van der Waals surface area contributed by atoms with Crippen LogP contribution in [0.5, 0.6) is 11.5 Å². The molecule has 3 N–H and O–H groups in total. The summed E-state index contributed by atoms with van der Waals surface area (Å²) in [6.07, 6.45) is 0. The summed E-state index contributed by atoms with van der Waals surface area (Å²) in [7, 11) is 0. The maximum atomic E-state index is 12.8. The van der Waals surface area contributed by atoms with Crippen molar-refractivity contribution in [2.75, 3.05) is 5.32 Å². The fourth-order valence-corrected chi connectivity index (χ4v) is 4.41. The molecule has 41 heavy (non-hydrogen) atoms. The van der Waals surface area contributed by atoms with Gasteiger partial charge in [-0.15, -0.1) is 10.2 Å². The van der Waals surface area contributed by atoms with Gasteiger partial charge in [0.05, 0.1) is 11.4 Å². The molecule has 8 heteroatoms. The number of phenols is 2. The van der Waals surface area contributed by atoms with Crippen molar-refractivity contribution in [2.24, 2.45) is 20.5 Å². The molecule has 0 saturated heterocycles. The highest BCUT2D eigenvalue weighted by molar-refractivity contribution is 6.04. The Morgan fingerprint density at radius 1 is 0.512 bits per heavy atom. The fourth-order valence-electron chi connectivity index (χ4n) is 4.41. The van der Waals surface area contributed by atoms with Gasteiger partial charge in [0.15, 0.2) is 0 Å². The summed E-state index contributed by atoms with van der Waals surface area (Å²) in [5, 5.41) is 43.9. The smallest absolute Gasteiger partial charge is 0.255 e. The van der Waals surface area contributed by atoms with Crippen molar-refractivity contribution in [3.8, 4) is 11.5 Å². The van der Waals surface area contributed by atoms with Crippen LogP contribution in [0, 0.1) is 0 Å². The number of hydrogen-bond acceptors (Lipinski definition) is 7. The lowest BCUT2D eigenvalue weighted by molar-refractivity contribution is 0.102. The van der Waals surface area contributed by atoms with Crippen LogP contribution in [0.2, 0.25) is 0 Å². The lowest BCUT2D eigenvalue weighted by atomic mass is 10.1. The predicted molar refractivity (Wildman–Crippen MR) is 160 cm³/mol. The molecule has 0 radical (unpaired) electrons. The summed E-state index contributed by atoms with van der Waals surface area (Å²) in [6, 6.07) is 35.7. The SMILES string of the molecule is O=C(Nc1ccc(N=Nc2c(O)ccc3ccccc23)cc1)c1ccc(N=Nc2c(O)ccc3ccccc23)cc1. The van der Waals surface area contributed by atoms with Gasteiger partial charge in [0.1, 0.15) is 22.9 Å². The number of hydrogen-bond donors (Lipinski definition) is 3. The van der Waals surface area contributed by atoms with E-state index in [2.05, 4.69) is 25.8 Å².